The molecule has 0 aliphatic carbocycles. The van der Waals surface area contributed by atoms with E-state index in [-0.39, 0.29) is 11.4 Å². The first-order valence-electron chi connectivity index (χ1n) is 4.59. The van der Waals surface area contributed by atoms with E-state index in [4.69, 9.17) is 0 Å². The number of hydrogen-bond acceptors (Lipinski definition) is 5. The van der Waals surface area contributed by atoms with Crippen LogP contribution in [-0.2, 0) is 19.6 Å². The summed E-state index contributed by atoms with van der Waals surface area (Å²) in [5.41, 5.74) is 0. The molecule has 0 saturated carbocycles. The molecule has 1 unspecified atom stereocenters. The van der Waals surface area contributed by atoms with Crippen molar-refractivity contribution in [3.05, 3.63) is 24.5 Å². The van der Waals surface area contributed by atoms with Crippen LogP contribution < -0.4 is 4.72 Å². The molecule has 6 nitrogen and oxygen atoms in total. The third-order valence-corrected chi connectivity index (χ3v) is 3.96. The van der Waals surface area contributed by atoms with Crippen LogP contribution in [-0.4, -0.2) is 37.9 Å². The molecule has 17 heavy (non-hydrogen) atoms. The summed E-state index contributed by atoms with van der Waals surface area (Å²) in [6.45, 7) is -0.0934. The predicted molar refractivity (Wildman–Crippen MR) is 64.2 cm³/mol. The van der Waals surface area contributed by atoms with Crippen LogP contribution in [0.5, 0.6) is 0 Å². The molecule has 0 spiro atoms. The lowest BCUT2D eigenvalue weighted by Crippen LogP contribution is -2.33. The fourth-order valence-corrected chi connectivity index (χ4v) is 2.56. The summed E-state index contributed by atoms with van der Waals surface area (Å²) >= 11 is 3.01. The number of esters is 1. The fourth-order valence-electron chi connectivity index (χ4n) is 0.983. The SMILES string of the molecule is COC(=O)C(Br)CNS(=O)(=O)c1cccnc1. The van der Waals surface area contributed by atoms with Gasteiger partial charge in [0, 0.05) is 18.9 Å². The number of alkyl halides is 1. The number of hydrogen-bond donors (Lipinski definition) is 1. The number of carbonyl (C=O) groups excluding carboxylic acids is 1. The maximum Gasteiger partial charge on any atom is 0.320 e. The van der Waals surface area contributed by atoms with Gasteiger partial charge in [0.15, 0.2) is 0 Å². The Bertz CT molecular complexity index is 477. The summed E-state index contributed by atoms with van der Waals surface area (Å²) in [7, 11) is -2.42. The Balaban J connectivity index is 2.66. The van der Waals surface area contributed by atoms with E-state index in [0.29, 0.717) is 0 Å². The number of ether oxygens (including phenoxy) is 1. The maximum absolute atomic E-state index is 11.7. The summed E-state index contributed by atoms with van der Waals surface area (Å²) in [5.74, 6) is -0.543. The van der Waals surface area contributed by atoms with Gasteiger partial charge in [-0.25, -0.2) is 13.1 Å². The largest absolute Gasteiger partial charge is 0.468 e. The topological polar surface area (TPSA) is 85.4 Å². The van der Waals surface area contributed by atoms with Gasteiger partial charge < -0.3 is 4.74 Å². The van der Waals surface area contributed by atoms with Gasteiger partial charge in [-0.3, -0.25) is 9.78 Å². The number of nitrogens with one attached hydrogen (secondary N) is 1. The van der Waals surface area contributed by atoms with Crippen molar-refractivity contribution in [3.63, 3.8) is 0 Å². The molecule has 1 N–H and O–H groups in total. The van der Waals surface area contributed by atoms with Crippen molar-refractivity contribution in [2.75, 3.05) is 13.7 Å². The highest BCUT2D eigenvalue weighted by Crippen LogP contribution is 2.07. The van der Waals surface area contributed by atoms with Crippen molar-refractivity contribution < 1.29 is 17.9 Å². The second-order valence-electron chi connectivity index (χ2n) is 3.03. The second-order valence-corrected chi connectivity index (χ2v) is 5.90. The lowest BCUT2D eigenvalue weighted by molar-refractivity contribution is -0.139. The molecular weight excluding hydrogens is 312 g/mol. The predicted octanol–water partition coefficient (Wildman–Crippen LogP) is 0.296. The zero-order chi connectivity index (χ0) is 12.9. The Labute approximate surface area is 108 Å². The van der Waals surface area contributed by atoms with Gasteiger partial charge in [-0.1, -0.05) is 15.9 Å². The van der Waals surface area contributed by atoms with Crippen LogP contribution in [0.1, 0.15) is 0 Å². The zero-order valence-corrected chi connectivity index (χ0v) is 11.4. The van der Waals surface area contributed by atoms with Crippen LogP contribution in [0.15, 0.2) is 29.4 Å². The van der Waals surface area contributed by atoms with Gasteiger partial charge in [-0.05, 0) is 12.1 Å². The van der Waals surface area contributed by atoms with Gasteiger partial charge in [0.2, 0.25) is 10.0 Å². The van der Waals surface area contributed by atoms with Crippen LogP contribution in [0.2, 0.25) is 0 Å². The molecule has 0 saturated heterocycles. The molecule has 94 valence electrons. The molecule has 0 aromatic carbocycles. The number of pyridine rings is 1. The third-order valence-electron chi connectivity index (χ3n) is 1.85. The Hall–Kier alpha value is -0.990. The van der Waals surface area contributed by atoms with E-state index in [1.54, 1.807) is 0 Å². The Morgan fingerprint density at radius 3 is 2.88 bits per heavy atom. The van der Waals surface area contributed by atoms with E-state index in [0.717, 1.165) is 0 Å². The molecule has 0 aliphatic heterocycles. The number of carbonyl (C=O) groups is 1. The zero-order valence-electron chi connectivity index (χ0n) is 8.96. The first-order valence-corrected chi connectivity index (χ1v) is 6.99. The molecule has 1 aromatic heterocycles. The Morgan fingerprint density at radius 1 is 1.65 bits per heavy atom. The molecule has 0 amide bonds. The minimum atomic E-state index is -3.65. The van der Waals surface area contributed by atoms with E-state index in [1.807, 2.05) is 0 Å². The van der Waals surface area contributed by atoms with Crippen molar-refractivity contribution in [1.29, 1.82) is 0 Å². The van der Waals surface area contributed by atoms with Gasteiger partial charge in [0.05, 0.1) is 7.11 Å². The third kappa shape index (κ3) is 4.06. The van der Waals surface area contributed by atoms with Crippen LogP contribution in [0.3, 0.4) is 0 Å². The monoisotopic (exact) mass is 322 g/mol. The van der Waals surface area contributed by atoms with E-state index < -0.39 is 20.8 Å². The molecule has 1 heterocycles. The quantitative estimate of drug-likeness (QED) is 0.622. The molecule has 1 aromatic rings. The van der Waals surface area contributed by atoms with Gasteiger partial charge in [0.25, 0.3) is 0 Å². The van der Waals surface area contributed by atoms with Crippen molar-refractivity contribution in [1.82, 2.24) is 9.71 Å². The fraction of sp³-hybridized carbons (Fsp3) is 0.333. The second kappa shape index (κ2) is 6.08. The van der Waals surface area contributed by atoms with Crippen LogP contribution in [0, 0.1) is 0 Å². The lowest BCUT2D eigenvalue weighted by Gasteiger charge is -2.09. The highest BCUT2D eigenvalue weighted by Gasteiger charge is 2.20. The molecule has 0 bridgehead atoms. The summed E-state index contributed by atoms with van der Waals surface area (Å²) in [6, 6.07) is 2.93. The maximum atomic E-state index is 11.7. The number of sulfonamides is 1. The number of rotatable bonds is 5. The normalized spacial score (nSPS) is 13.1. The van der Waals surface area contributed by atoms with Gasteiger partial charge >= 0.3 is 5.97 Å². The average molecular weight is 323 g/mol. The van der Waals surface area contributed by atoms with E-state index in [9.17, 15) is 13.2 Å². The van der Waals surface area contributed by atoms with Crippen LogP contribution in [0.25, 0.3) is 0 Å². The van der Waals surface area contributed by atoms with Crippen molar-refractivity contribution in [2.24, 2.45) is 0 Å². The minimum Gasteiger partial charge on any atom is -0.468 e. The number of aromatic nitrogens is 1. The van der Waals surface area contributed by atoms with Gasteiger partial charge in [-0.15, -0.1) is 0 Å². The molecule has 0 aliphatic rings. The number of halogens is 1. The minimum absolute atomic E-state index is 0.0459. The van der Waals surface area contributed by atoms with Crippen LogP contribution >= 0.6 is 15.9 Å². The Kier molecular flexibility index (Phi) is 5.03. The van der Waals surface area contributed by atoms with Gasteiger partial charge in [0.1, 0.15) is 9.72 Å². The Morgan fingerprint density at radius 2 is 2.35 bits per heavy atom. The first kappa shape index (κ1) is 14.1. The number of nitrogens with zero attached hydrogens (tertiary/aromatic N) is 1. The van der Waals surface area contributed by atoms with Crippen molar-refractivity contribution >= 4 is 31.9 Å². The lowest BCUT2D eigenvalue weighted by atomic mass is 10.4. The smallest absolute Gasteiger partial charge is 0.320 e. The number of methoxy groups -OCH3 is 1. The van der Waals surface area contributed by atoms with E-state index >= 15 is 0 Å². The van der Waals surface area contributed by atoms with Gasteiger partial charge in [-0.2, -0.15) is 0 Å². The summed E-state index contributed by atoms with van der Waals surface area (Å²) in [5, 5.41) is 0. The summed E-state index contributed by atoms with van der Waals surface area (Å²) < 4.78 is 30.2. The summed E-state index contributed by atoms with van der Waals surface area (Å²) in [4.78, 5) is 14.1. The highest BCUT2D eigenvalue weighted by atomic mass is 79.9. The molecule has 1 rings (SSSR count). The first-order chi connectivity index (χ1) is 7.97. The van der Waals surface area contributed by atoms with Crippen molar-refractivity contribution in [2.45, 2.75) is 9.72 Å². The molecule has 0 radical (unpaired) electrons. The standard InChI is InChI=1S/C9H11BrN2O4S/c1-16-9(13)8(10)6-12-17(14,15)7-3-2-4-11-5-7/h2-5,8,12H,6H2,1H3. The molecule has 0 fully saturated rings. The van der Waals surface area contributed by atoms with E-state index in [1.165, 1.54) is 31.6 Å². The average Bonchev–Trinajstić information content (AvgIpc) is 2.36. The molecule has 8 heteroatoms. The highest BCUT2D eigenvalue weighted by molar-refractivity contribution is 9.10. The summed E-state index contributed by atoms with van der Waals surface area (Å²) in [6.07, 6.45) is 2.70. The molecule has 1 atom stereocenters. The van der Waals surface area contributed by atoms with Crippen LogP contribution in [0.4, 0.5) is 0 Å². The molecular formula is C9H11BrN2O4S. The van der Waals surface area contributed by atoms with Crippen molar-refractivity contribution in [3.8, 4) is 0 Å². The van der Waals surface area contributed by atoms with E-state index in [2.05, 4.69) is 30.4 Å².